The van der Waals surface area contributed by atoms with Crippen LogP contribution in [-0.4, -0.2) is 51.3 Å². The van der Waals surface area contributed by atoms with Crippen LogP contribution in [0.15, 0.2) is 36.8 Å². The van der Waals surface area contributed by atoms with E-state index in [2.05, 4.69) is 26.8 Å². The Hall–Kier alpha value is -2.05. The zero-order chi connectivity index (χ0) is 18.7. The number of aromatic nitrogens is 3. The highest BCUT2D eigenvalue weighted by atomic mass is 16.5. The van der Waals surface area contributed by atoms with Crippen LogP contribution in [0.4, 0.5) is 0 Å². The predicted molar refractivity (Wildman–Crippen MR) is 102 cm³/mol. The first-order valence-corrected chi connectivity index (χ1v) is 9.89. The fraction of sp³-hybridized carbons (Fsp3) is 0.571. The lowest BCUT2D eigenvalue weighted by Gasteiger charge is -2.43. The zero-order valence-corrected chi connectivity index (χ0v) is 16.2. The van der Waals surface area contributed by atoms with Gasteiger partial charge in [-0.1, -0.05) is 13.0 Å². The van der Waals surface area contributed by atoms with Crippen molar-refractivity contribution in [1.29, 1.82) is 0 Å². The van der Waals surface area contributed by atoms with Gasteiger partial charge < -0.3 is 9.47 Å². The minimum absolute atomic E-state index is 0.0613. The van der Waals surface area contributed by atoms with Gasteiger partial charge in [-0.15, -0.1) is 0 Å². The number of nitrogens with zero attached hydrogens (tertiary/aromatic N) is 4. The van der Waals surface area contributed by atoms with E-state index in [4.69, 9.17) is 9.47 Å². The van der Waals surface area contributed by atoms with Gasteiger partial charge in [-0.2, -0.15) is 0 Å². The molecule has 0 aromatic carbocycles. The molecule has 1 saturated heterocycles. The molecule has 2 unspecified atom stereocenters. The van der Waals surface area contributed by atoms with Crippen LogP contribution in [0, 0.1) is 0 Å². The molecular formula is C21H28N4O2. The van der Waals surface area contributed by atoms with Crippen LogP contribution in [-0.2, 0) is 17.7 Å². The van der Waals surface area contributed by atoms with Gasteiger partial charge in [0.2, 0.25) is 5.88 Å². The summed E-state index contributed by atoms with van der Waals surface area (Å²) in [4.78, 5) is 15.7. The maximum absolute atomic E-state index is 6.16. The summed E-state index contributed by atoms with van der Waals surface area (Å²) in [6, 6.07) is 6.15. The van der Waals surface area contributed by atoms with E-state index in [1.807, 2.05) is 37.7 Å². The second-order valence-corrected chi connectivity index (χ2v) is 7.55. The van der Waals surface area contributed by atoms with E-state index in [9.17, 15) is 0 Å². The Morgan fingerprint density at radius 1 is 1.19 bits per heavy atom. The SMILES string of the molecule is CCc1ncc(CN2CC[C@]3(OC)CCC(Oc4ccccn4)CC23)cn1. The van der Waals surface area contributed by atoms with Crippen LogP contribution >= 0.6 is 0 Å². The predicted octanol–water partition coefficient (Wildman–Crippen LogP) is 3.03. The molecule has 0 spiro atoms. The molecule has 0 radical (unpaired) electrons. The first kappa shape index (κ1) is 18.3. The molecule has 3 heterocycles. The summed E-state index contributed by atoms with van der Waals surface area (Å²) in [5.41, 5.74) is 1.10. The number of ether oxygens (including phenoxy) is 2. The molecule has 27 heavy (non-hydrogen) atoms. The summed E-state index contributed by atoms with van der Waals surface area (Å²) in [5.74, 6) is 1.61. The molecule has 0 amide bonds. The van der Waals surface area contributed by atoms with Crippen LogP contribution in [0.3, 0.4) is 0 Å². The smallest absolute Gasteiger partial charge is 0.213 e. The van der Waals surface area contributed by atoms with E-state index in [0.717, 1.165) is 56.6 Å². The fourth-order valence-electron chi connectivity index (χ4n) is 4.52. The van der Waals surface area contributed by atoms with Crippen LogP contribution in [0.25, 0.3) is 0 Å². The van der Waals surface area contributed by atoms with Gasteiger partial charge >= 0.3 is 0 Å². The molecule has 4 rings (SSSR count). The molecule has 0 N–H and O–H groups in total. The highest BCUT2D eigenvalue weighted by molar-refractivity contribution is 5.13. The van der Waals surface area contributed by atoms with Gasteiger partial charge in [0.25, 0.3) is 0 Å². The third-order valence-corrected chi connectivity index (χ3v) is 6.04. The normalized spacial score (nSPS) is 28.1. The number of methoxy groups -OCH3 is 1. The number of rotatable bonds is 6. The number of aryl methyl sites for hydroxylation is 1. The van der Waals surface area contributed by atoms with Gasteiger partial charge in [-0.05, 0) is 25.3 Å². The molecule has 2 aromatic rings. The summed E-state index contributed by atoms with van der Waals surface area (Å²) in [7, 11) is 1.86. The highest BCUT2D eigenvalue weighted by Gasteiger charge is 2.51. The molecule has 1 aliphatic carbocycles. The topological polar surface area (TPSA) is 60.4 Å². The van der Waals surface area contributed by atoms with E-state index in [-0.39, 0.29) is 11.7 Å². The summed E-state index contributed by atoms with van der Waals surface area (Å²) < 4.78 is 12.2. The summed E-state index contributed by atoms with van der Waals surface area (Å²) in [6.45, 7) is 3.96. The van der Waals surface area contributed by atoms with Crippen molar-refractivity contribution in [2.24, 2.45) is 0 Å². The third kappa shape index (κ3) is 3.82. The van der Waals surface area contributed by atoms with Crippen molar-refractivity contribution < 1.29 is 9.47 Å². The van der Waals surface area contributed by atoms with E-state index in [1.165, 1.54) is 0 Å². The summed E-state index contributed by atoms with van der Waals surface area (Å²) in [5, 5.41) is 0. The van der Waals surface area contributed by atoms with Crippen LogP contribution < -0.4 is 4.74 Å². The lowest BCUT2D eigenvalue weighted by atomic mass is 9.79. The Labute approximate surface area is 161 Å². The molecule has 6 nitrogen and oxygen atoms in total. The van der Waals surface area contributed by atoms with Crippen molar-refractivity contribution in [2.45, 2.75) is 63.3 Å². The second kappa shape index (κ2) is 7.90. The van der Waals surface area contributed by atoms with Crippen molar-refractivity contribution >= 4 is 0 Å². The van der Waals surface area contributed by atoms with E-state index >= 15 is 0 Å². The molecule has 3 atom stereocenters. The minimum atomic E-state index is -0.0613. The number of hydrogen-bond acceptors (Lipinski definition) is 6. The summed E-state index contributed by atoms with van der Waals surface area (Å²) in [6.07, 6.45) is 10.8. The Bertz CT molecular complexity index is 740. The number of fused-ring (bicyclic) bond motifs is 1. The van der Waals surface area contributed by atoms with Gasteiger partial charge in [0.15, 0.2) is 0 Å². The Morgan fingerprint density at radius 3 is 2.74 bits per heavy atom. The fourth-order valence-corrected chi connectivity index (χ4v) is 4.52. The molecular weight excluding hydrogens is 340 g/mol. The standard InChI is InChI=1S/C21H28N4O2/c1-3-19-23-13-16(14-24-19)15-25-11-9-21(26-2)8-7-17(12-18(21)25)27-20-6-4-5-10-22-20/h4-6,10,13-14,17-18H,3,7-9,11-12,15H2,1-2H3/t17?,18?,21-/m1/s1. The Kier molecular flexibility index (Phi) is 5.36. The van der Waals surface area contributed by atoms with Gasteiger partial charge in [0, 0.05) is 69.3 Å². The largest absolute Gasteiger partial charge is 0.474 e. The van der Waals surface area contributed by atoms with E-state index < -0.39 is 0 Å². The monoisotopic (exact) mass is 368 g/mol. The molecule has 1 saturated carbocycles. The Morgan fingerprint density at radius 2 is 2.04 bits per heavy atom. The highest BCUT2D eigenvalue weighted by Crippen LogP contribution is 2.43. The first-order chi connectivity index (χ1) is 13.2. The van der Waals surface area contributed by atoms with Crippen LogP contribution in [0.1, 0.15) is 44.0 Å². The van der Waals surface area contributed by atoms with Crippen LogP contribution in [0.5, 0.6) is 5.88 Å². The average molecular weight is 368 g/mol. The van der Waals surface area contributed by atoms with Gasteiger partial charge in [-0.3, -0.25) is 4.90 Å². The van der Waals surface area contributed by atoms with Crippen molar-refractivity contribution in [3.05, 3.63) is 48.2 Å². The first-order valence-electron chi connectivity index (χ1n) is 9.89. The summed E-state index contributed by atoms with van der Waals surface area (Å²) >= 11 is 0. The van der Waals surface area contributed by atoms with E-state index in [0.29, 0.717) is 11.9 Å². The lowest BCUT2D eigenvalue weighted by molar-refractivity contribution is -0.0843. The van der Waals surface area contributed by atoms with Gasteiger partial charge in [0.1, 0.15) is 11.9 Å². The lowest BCUT2D eigenvalue weighted by Crippen LogP contribution is -2.52. The van der Waals surface area contributed by atoms with Gasteiger partial charge in [-0.25, -0.2) is 15.0 Å². The Balaban J connectivity index is 1.46. The molecule has 6 heteroatoms. The molecule has 0 bridgehead atoms. The average Bonchev–Trinajstić information content (AvgIpc) is 3.08. The van der Waals surface area contributed by atoms with Crippen molar-refractivity contribution in [3.8, 4) is 5.88 Å². The van der Waals surface area contributed by atoms with E-state index in [1.54, 1.807) is 6.20 Å². The molecule has 2 aromatic heterocycles. The van der Waals surface area contributed by atoms with Crippen molar-refractivity contribution in [1.82, 2.24) is 19.9 Å². The third-order valence-electron chi connectivity index (χ3n) is 6.04. The number of hydrogen-bond donors (Lipinski definition) is 0. The molecule has 2 aliphatic rings. The second-order valence-electron chi connectivity index (χ2n) is 7.55. The quantitative estimate of drug-likeness (QED) is 0.781. The molecule has 2 fully saturated rings. The maximum atomic E-state index is 6.16. The van der Waals surface area contributed by atoms with Crippen LogP contribution in [0.2, 0.25) is 0 Å². The minimum Gasteiger partial charge on any atom is -0.474 e. The van der Waals surface area contributed by atoms with Crippen molar-refractivity contribution in [2.75, 3.05) is 13.7 Å². The van der Waals surface area contributed by atoms with Crippen molar-refractivity contribution in [3.63, 3.8) is 0 Å². The van der Waals surface area contributed by atoms with Gasteiger partial charge in [0.05, 0.1) is 5.60 Å². The molecule has 144 valence electrons. The number of pyridine rings is 1. The number of likely N-dealkylation sites (tertiary alicyclic amines) is 1. The zero-order valence-electron chi connectivity index (χ0n) is 16.2. The maximum Gasteiger partial charge on any atom is 0.213 e. The molecule has 1 aliphatic heterocycles.